The van der Waals surface area contributed by atoms with Crippen molar-refractivity contribution in [3.8, 4) is 11.4 Å². The van der Waals surface area contributed by atoms with Gasteiger partial charge in [0.1, 0.15) is 0 Å². The van der Waals surface area contributed by atoms with Gasteiger partial charge >= 0.3 is 0 Å². The van der Waals surface area contributed by atoms with Gasteiger partial charge in [0, 0.05) is 58.5 Å². The number of hydrogen-bond donors (Lipinski definition) is 0. The lowest BCUT2D eigenvalue weighted by Crippen LogP contribution is -1.95. The lowest BCUT2D eigenvalue weighted by Gasteiger charge is -2.12. The highest BCUT2D eigenvalue weighted by molar-refractivity contribution is 7.27. The molecule has 8 aromatic carbocycles. The van der Waals surface area contributed by atoms with Crippen molar-refractivity contribution >= 4 is 96.7 Å². The Labute approximate surface area is 273 Å². The summed E-state index contributed by atoms with van der Waals surface area (Å²) in [5, 5.41) is 13.1. The second-order valence-electron chi connectivity index (χ2n) is 12.5. The number of hydrogen-bond acceptors (Lipinski definition) is 1. The molecule has 0 unspecified atom stereocenters. The van der Waals surface area contributed by atoms with Gasteiger partial charge in [-0.05, 0) is 76.8 Å². The van der Waals surface area contributed by atoms with Crippen molar-refractivity contribution in [3.63, 3.8) is 0 Å². The molecular formula is C44H26N2S. The van der Waals surface area contributed by atoms with Crippen LogP contribution in [0.1, 0.15) is 0 Å². The third-order valence-electron chi connectivity index (χ3n) is 10.1. The summed E-state index contributed by atoms with van der Waals surface area (Å²) in [5.41, 5.74) is 7.24. The normalized spacial score (nSPS) is 12.3. The highest BCUT2D eigenvalue weighted by Crippen LogP contribution is 2.46. The molecule has 11 rings (SSSR count). The molecule has 0 saturated carbocycles. The van der Waals surface area contributed by atoms with Crippen LogP contribution in [0.5, 0.6) is 0 Å². The van der Waals surface area contributed by atoms with Crippen LogP contribution < -0.4 is 0 Å². The summed E-state index contributed by atoms with van der Waals surface area (Å²) in [6.45, 7) is 0. The molecular weight excluding hydrogens is 589 g/mol. The molecule has 0 aliphatic rings. The van der Waals surface area contributed by atoms with Crippen LogP contribution in [0.3, 0.4) is 0 Å². The molecule has 0 radical (unpaired) electrons. The van der Waals surface area contributed by atoms with E-state index in [1.54, 1.807) is 0 Å². The summed E-state index contributed by atoms with van der Waals surface area (Å²) in [5.74, 6) is 0. The maximum Gasteiger partial charge on any atom is 0.0547 e. The Balaban J connectivity index is 1.28. The molecule has 0 spiro atoms. The molecule has 0 aliphatic carbocycles. The van der Waals surface area contributed by atoms with E-state index in [0.717, 1.165) is 0 Å². The summed E-state index contributed by atoms with van der Waals surface area (Å²) >= 11 is 1.92. The Kier molecular flexibility index (Phi) is 5.02. The molecule has 2 nitrogen and oxygen atoms in total. The molecule has 3 heteroatoms. The number of nitrogens with zero attached hydrogens (tertiary/aromatic N) is 2. The largest absolute Gasteiger partial charge is 0.309 e. The first-order valence-electron chi connectivity index (χ1n) is 16.1. The van der Waals surface area contributed by atoms with Crippen molar-refractivity contribution < 1.29 is 0 Å². The highest BCUT2D eigenvalue weighted by Gasteiger charge is 2.20. The summed E-state index contributed by atoms with van der Waals surface area (Å²) in [7, 11) is 0. The first-order valence-corrected chi connectivity index (χ1v) is 16.9. The summed E-state index contributed by atoms with van der Waals surface area (Å²) in [6, 6.07) is 58.1. The van der Waals surface area contributed by atoms with E-state index in [4.69, 9.17) is 0 Å². The van der Waals surface area contributed by atoms with E-state index < -0.39 is 0 Å². The zero-order chi connectivity index (χ0) is 30.6. The van der Waals surface area contributed by atoms with Crippen LogP contribution in [0.4, 0.5) is 0 Å². The molecule has 0 N–H and O–H groups in total. The van der Waals surface area contributed by atoms with Crippen molar-refractivity contribution in [2.75, 3.05) is 0 Å². The van der Waals surface area contributed by atoms with Crippen molar-refractivity contribution in [2.24, 2.45) is 0 Å². The van der Waals surface area contributed by atoms with Crippen LogP contribution in [-0.2, 0) is 0 Å². The zero-order valence-electron chi connectivity index (χ0n) is 25.3. The van der Waals surface area contributed by atoms with E-state index in [9.17, 15) is 0 Å². The van der Waals surface area contributed by atoms with Gasteiger partial charge in [-0.3, -0.25) is 0 Å². The van der Waals surface area contributed by atoms with E-state index in [-0.39, 0.29) is 0 Å². The molecule has 3 aromatic heterocycles. The number of rotatable bonds is 2. The standard InChI is InChI=1S/C44H26N2S/c1-2-12-27(13-3-1)45-38-19-9-6-15-30(38)35-24-28(22-23-40(35)45)46-39-20-10-7-16-31(39)36-25-34-29-14-4-5-17-32(29)43-33-18-8-11-21-42(33)47-44(43)37(34)26-41(36)46/h1-26H. The molecule has 11 aromatic rings. The van der Waals surface area contributed by atoms with Crippen molar-refractivity contribution in [1.29, 1.82) is 0 Å². The van der Waals surface area contributed by atoms with Gasteiger partial charge in [0.2, 0.25) is 0 Å². The minimum Gasteiger partial charge on any atom is -0.309 e. The lowest BCUT2D eigenvalue weighted by atomic mass is 9.96. The predicted molar refractivity (Wildman–Crippen MR) is 203 cm³/mol. The quantitative estimate of drug-likeness (QED) is 0.171. The highest BCUT2D eigenvalue weighted by atomic mass is 32.1. The fraction of sp³-hybridized carbons (Fsp3) is 0. The van der Waals surface area contributed by atoms with Gasteiger partial charge in [-0.15, -0.1) is 11.3 Å². The van der Waals surface area contributed by atoms with E-state index in [1.807, 2.05) is 11.3 Å². The van der Waals surface area contributed by atoms with Crippen LogP contribution in [0.25, 0.3) is 96.7 Å². The monoisotopic (exact) mass is 614 g/mol. The Morgan fingerprint density at radius 2 is 0.894 bits per heavy atom. The Morgan fingerprint density at radius 1 is 0.319 bits per heavy atom. The van der Waals surface area contributed by atoms with Gasteiger partial charge in [-0.2, -0.15) is 0 Å². The smallest absolute Gasteiger partial charge is 0.0547 e. The number of fused-ring (bicyclic) bond motifs is 14. The molecule has 0 amide bonds. The average Bonchev–Trinajstić information content (AvgIpc) is 3.79. The molecule has 0 bridgehead atoms. The average molecular weight is 615 g/mol. The molecule has 0 aliphatic heterocycles. The second kappa shape index (κ2) is 9.32. The summed E-state index contributed by atoms with van der Waals surface area (Å²) in [4.78, 5) is 0. The minimum absolute atomic E-state index is 1.17. The first kappa shape index (κ1) is 25.3. The molecule has 218 valence electrons. The number of aromatic nitrogens is 2. The Bertz CT molecular complexity index is 3070. The molecule has 47 heavy (non-hydrogen) atoms. The van der Waals surface area contributed by atoms with E-state index >= 15 is 0 Å². The number of para-hydroxylation sites is 3. The number of benzene rings is 8. The Morgan fingerprint density at radius 3 is 1.66 bits per heavy atom. The van der Waals surface area contributed by atoms with Gasteiger partial charge in [-0.1, -0.05) is 97.1 Å². The molecule has 0 atom stereocenters. The van der Waals surface area contributed by atoms with Crippen LogP contribution >= 0.6 is 11.3 Å². The molecule has 0 saturated heterocycles. The SMILES string of the molecule is c1ccc(-n2c3ccccc3c3cc(-n4c5ccccc5c5cc6c7ccccc7c7c8ccccc8sc7c6cc54)ccc32)cc1. The lowest BCUT2D eigenvalue weighted by molar-refractivity contribution is 1.17. The van der Waals surface area contributed by atoms with Gasteiger partial charge in [0.15, 0.2) is 0 Å². The topological polar surface area (TPSA) is 9.86 Å². The maximum atomic E-state index is 2.48. The first-order chi connectivity index (χ1) is 23.3. The van der Waals surface area contributed by atoms with Crippen LogP contribution in [0, 0.1) is 0 Å². The minimum atomic E-state index is 1.17. The summed E-state index contributed by atoms with van der Waals surface area (Å²) in [6.07, 6.45) is 0. The molecule has 0 fully saturated rings. The van der Waals surface area contributed by atoms with E-state index in [0.29, 0.717) is 0 Å². The van der Waals surface area contributed by atoms with Gasteiger partial charge in [0.25, 0.3) is 0 Å². The van der Waals surface area contributed by atoms with Crippen LogP contribution in [0.15, 0.2) is 158 Å². The second-order valence-corrected chi connectivity index (χ2v) is 13.6. The van der Waals surface area contributed by atoms with Gasteiger partial charge in [-0.25, -0.2) is 0 Å². The van der Waals surface area contributed by atoms with E-state index in [2.05, 4.69) is 167 Å². The number of thiophene rings is 1. The Hall–Kier alpha value is -5.90. The predicted octanol–water partition coefficient (Wildman–Crippen LogP) is 12.6. The van der Waals surface area contributed by atoms with Crippen molar-refractivity contribution in [3.05, 3.63) is 158 Å². The fourth-order valence-electron chi connectivity index (χ4n) is 8.10. The van der Waals surface area contributed by atoms with Crippen molar-refractivity contribution in [2.45, 2.75) is 0 Å². The third kappa shape index (κ3) is 3.39. The van der Waals surface area contributed by atoms with Crippen LogP contribution in [0.2, 0.25) is 0 Å². The summed E-state index contributed by atoms with van der Waals surface area (Å²) < 4.78 is 7.56. The van der Waals surface area contributed by atoms with Gasteiger partial charge < -0.3 is 9.13 Å². The van der Waals surface area contributed by atoms with E-state index in [1.165, 1.54) is 96.7 Å². The zero-order valence-corrected chi connectivity index (χ0v) is 26.1. The fourth-order valence-corrected chi connectivity index (χ4v) is 9.35. The van der Waals surface area contributed by atoms with Crippen LogP contribution in [-0.4, -0.2) is 9.13 Å². The maximum absolute atomic E-state index is 2.48. The molecule has 3 heterocycles. The third-order valence-corrected chi connectivity index (χ3v) is 11.3. The van der Waals surface area contributed by atoms with Crippen molar-refractivity contribution in [1.82, 2.24) is 9.13 Å². The van der Waals surface area contributed by atoms with Gasteiger partial charge in [0.05, 0.1) is 22.1 Å².